The van der Waals surface area contributed by atoms with E-state index in [0.29, 0.717) is 19.0 Å². The Morgan fingerprint density at radius 2 is 1.87 bits per heavy atom. The van der Waals surface area contributed by atoms with Crippen molar-refractivity contribution in [2.75, 3.05) is 20.6 Å². The Morgan fingerprint density at radius 3 is 2.52 bits per heavy atom. The summed E-state index contributed by atoms with van der Waals surface area (Å²) in [6.45, 7) is 4.75. The van der Waals surface area contributed by atoms with E-state index in [0.717, 1.165) is 22.4 Å². The van der Waals surface area contributed by atoms with Crippen LogP contribution in [0, 0.1) is 13.8 Å². The molecule has 2 aromatic rings. The van der Waals surface area contributed by atoms with E-state index >= 15 is 0 Å². The minimum Gasteiger partial charge on any atom is -0.438 e. The lowest BCUT2D eigenvalue weighted by atomic mass is 10.1. The molecule has 0 fully saturated rings. The van der Waals surface area contributed by atoms with Crippen LogP contribution >= 0.6 is 0 Å². The Balaban J connectivity index is 2.13. The molecule has 0 aliphatic carbocycles. The van der Waals surface area contributed by atoms with Gasteiger partial charge in [0.15, 0.2) is 0 Å². The fourth-order valence-corrected chi connectivity index (χ4v) is 2.24. The van der Waals surface area contributed by atoms with Gasteiger partial charge in [-0.2, -0.15) is 0 Å². The highest BCUT2D eigenvalue weighted by Crippen LogP contribution is 2.29. The lowest BCUT2D eigenvalue weighted by Gasteiger charge is -2.14. The van der Waals surface area contributed by atoms with E-state index in [-0.39, 0.29) is 5.91 Å². The minimum atomic E-state index is -0.0307. The van der Waals surface area contributed by atoms with Gasteiger partial charge in [0.1, 0.15) is 5.75 Å². The number of likely N-dealkylation sites (N-methyl/N-ethyl adjacent to an activating group) is 1. The molecule has 0 atom stereocenters. The molecular formula is C18H23N3O2. The first-order valence-corrected chi connectivity index (χ1v) is 7.56. The van der Waals surface area contributed by atoms with Crippen LogP contribution in [-0.4, -0.2) is 36.4 Å². The van der Waals surface area contributed by atoms with Gasteiger partial charge in [-0.15, -0.1) is 0 Å². The third kappa shape index (κ3) is 4.79. The van der Waals surface area contributed by atoms with Crippen LogP contribution in [0.25, 0.3) is 0 Å². The molecular weight excluding hydrogens is 290 g/mol. The van der Waals surface area contributed by atoms with Crippen molar-refractivity contribution in [3.63, 3.8) is 0 Å². The smallest absolute Gasteiger partial charge is 0.234 e. The van der Waals surface area contributed by atoms with Crippen molar-refractivity contribution in [1.82, 2.24) is 15.2 Å². The van der Waals surface area contributed by atoms with Gasteiger partial charge in [0.2, 0.25) is 11.8 Å². The zero-order chi connectivity index (χ0) is 16.8. The average molecular weight is 313 g/mol. The van der Waals surface area contributed by atoms with Crippen molar-refractivity contribution in [2.45, 2.75) is 20.4 Å². The van der Waals surface area contributed by atoms with Crippen LogP contribution in [0.3, 0.4) is 0 Å². The van der Waals surface area contributed by atoms with Crippen LogP contribution in [0.5, 0.6) is 11.6 Å². The summed E-state index contributed by atoms with van der Waals surface area (Å²) in [7, 11) is 3.72. The first-order chi connectivity index (χ1) is 11.0. The highest BCUT2D eigenvalue weighted by atomic mass is 16.5. The number of nitrogens with zero attached hydrogens (tertiary/aromatic N) is 2. The number of carbonyl (C=O) groups excluding carboxylic acids is 1. The van der Waals surface area contributed by atoms with E-state index in [9.17, 15) is 4.79 Å². The summed E-state index contributed by atoms with van der Waals surface area (Å²) in [5.74, 6) is 1.30. The number of amides is 1. The molecule has 0 spiro atoms. The van der Waals surface area contributed by atoms with E-state index in [4.69, 9.17) is 4.74 Å². The lowest BCUT2D eigenvalue weighted by Crippen LogP contribution is -2.32. The fraction of sp³-hybridized carbons (Fsp3) is 0.333. The first kappa shape index (κ1) is 17.0. The lowest BCUT2D eigenvalue weighted by molar-refractivity contribution is -0.121. The summed E-state index contributed by atoms with van der Waals surface area (Å²) in [6, 6.07) is 9.75. The van der Waals surface area contributed by atoms with Crippen LogP contribution < -0.4 is 10.1 Å². The molecule has 0 aliphatic rings. The Bertz CT molecular complexity index is 663. The maximum atomic E-state index is 11.8. The summed E-state index contributed by atoms with van der Waals surface area (Å²) in [5, 5.41) is 2.89. The predicted molar refractivity (Wildman–Crippen MR) is 90.6 cm³/mol. The number of hydrogen-bond acceptors (Lipinski definition) is 4. The normalized spacial score (nSPS) is 10.7. The number of hydrogen-bond donors (Lipinski definition) is 1. The van der Waals surface area contributed by atoms with Gasteiger partial charge in [0, 0.05) is 18.3 Å². The number of aryl methyl sites for hydroxylation is 2. The molecule has 5 nitrogen and oxygen atoms in total. The van der Waals surface area contributed by atoms with E-state index in [1.807, 2.05) is 63.2 Å². The van der Waals surface area contributed by atoms with Gasteiger partial charge in [-0.25, -0.2) is 4.98 Å². The molecule has 5 heteroatoms. The molecule has 1 aromatic heterocycles. The van der Waals surface area contributed by atoms with E-state index in [1.165, 1.54) is 0 Å². The second-order valence-electron chi connectivity index (χ2n) is 5.81. The molecule has 1 heterocycles. The van der Waals surface area contributed by atoms with Crippen molar-refractivity contribution in [3.05, 3.63) is 53.2 Å². The molecule has 0 saturated carbocycles. The standard InChI is InChI=1S/C18H23N3O2/c1-13-7-5-8-14(2)17(13)23-18-15(9-6-10-19-18)11-20-16(22)12-21(3)4/h5-10H,11-12H2,1-4H3,(H,20,22). The summed E-state index contributed by atoms with van der Waals surface area (Å²) >= 11 is 0. The van der Waals surface area contributed by atoms with Gasteiger partial charge in [-0.05, 0) is 45.1 Å². The van der Waals surface area contributed by atoms with Gasteiger partial charge in [0.05, 0.1) is 6.54 Å². The highest BCUT2D eigenvalue weighted by molar-refractivity contribution is 5.77. The van der Waals surface area contributed by atoms with Crippen LogP contribution in [0.1, 0.15) is 16.7 Å². The Kier molecular flexibility index (Phi) is 5.71. The largest absolute Gasteiger partial charge is 0.438 e. The summed E-state index contributed by atoms with van der Waals surface area (Å²) in [5.41, 5.74) is 2.96. The summed E-state index contributed by atoms with van der Waals surface area (Å²) < 4.78 is 6.01. The maximum absolute atomic E-state index is 11.8. The monoisotopic (exact) mass is 313 g/mol. The Morgan fingerprint density at radius 1 is 1.17 bits per heavy atom. The predicted octanol–water partition coefficient (Wildman–Crippen LogP) is 2.67. The SMILES string of the molecule is Cc1cccc(C)c1Oc1ncccc1CNC(=O)CN(C)C. The number of nitrogens with one attached hydrogen (secondary N) is 1. The number of para-hydroxylation sites is 1. The van der Waals surface area contributed by atoms with E-state index in [2.05, 4.69) is 10.3 Å². The van der Waals surface area contributed by atoms with Gasteiger partial charge in [-0.1, -0.05) is 24.3 Å². The Hall–Kier alpha value is -2.40. The molecule has 1 aromatic carbocycles. The van der Waals surface area contributed by atoms with Crippen LogP contribution in [-0.2, 0) is 11.3 Å². The molecule has 0 aliphatic heterocycles. The molecule has 23 heavy (non-hydrogen) atoms. The number of ether oxygens (including phenoxy) is 1. The van der Waals surface area contributed by atoms with Crippen molar-refractivity contribution >= 4 is 5.91 Å². The molecule has 0 bridgehead atoms. The van der Waals surface area contributed by atoms with Crippen molar-refractivity contribution < 1.29 is 9.53 Å². The summed E-state index contributed by atoms with van der Waals surface area (Å²) in [4.78, 5) is 17.9. The topological polar surface area (TPSA) is 54.5 Å². The first-order valence-electron chi connectivity index (χ1n) is 7.56. The molecule has 0 saturated heterocycles. The van der Waals surface area contributed by atoms with Crippen LogP contribution in [0.2, 0.25) is 0 Å². The second-order valence-corrected chi connectivity index (χ2v) is 5.81. The third-order valence-corrected chi connectivity index (χ3v) is 3.39. The second kappa shape index (κ2) is 7.74. The number of rotatable bonds is 6. The molecule has 0 radical (unpaired) electrons. The third-order valence-electron chi connectivity index (χ3n) is 3.39. The zero-order valence-corrected chi connectivity index (χ0v) is 14.1. The minimum absolute atomic E-state index is 0.0307. The van der Waals surface area contributed by atoms with Gasteiger partial charge in [0.25, 0.3) is 0 Å². The molecule has 1 N–H and O–H groups in total. The van der Waals surface area contributed by atoms with Crippen molar-refractivity contribution in [3.8, 4) is 11.6 Å². The zero-order valence-electron chi connectivity index (χ0n) is 14.1. The Labute approximate surface area is 137 Å². The fourth-order valence-electron chi connectivity index (χ4n) is 2.24. The van der Waals surface area contributed by atoms with Crippen LogP contribution in [0.4, 0.5) is 0 Å². The van der Waals surface area contributed by atoms with Crippen molar-refractivity contribution in [2.24, 2.45) is 0 Å². The van der Waals surface area contributed by atoms with Gasteiger partial charge in [-0.3, -0.25) is 4.79 Å². The van der Waals surface area contributed by atoms with Crippen LogP contribution in [0.15, 0.2) is 36.5 Å². The van der Waals surface area contributed by atoms with Gasteiger partial charge < -0.3 is 15.0 Å². The average Bonchev–Trinajstić information content (AvgIpc) is 2.49. The molecule has 0 unspecified atom stereocenters. The number of benzene rings is 1. The quantitative estimate of drug-likeness (QED) is 0.891. The number of pyridine rings is 1. The number of carbonyl (C=O) groups is 1. The van der Waals surface area contributed by atoms with Gasteiger partial charge >= 0.3 is 0 Å². The van der Waals surface area contributed by atoms with E-state index in [1.54, 1.807) is 6.20 Å². The maximum Gasteiger partial charge on any atom is 0.234 e. The molecule has 2 rings (SSSR count). The van der Waals surface area contributed by atoms with E-state index < -0.39 is 0 Å². The molecule has 122 valence electrons. The van der Waals surface area contributed by atoms with Crippen molar-refractivity contribution in [1.29, 1.82) is 0 Å². The summed E-state index contributed by atoms with van der Waals surface area (Å²) in [6.07, 6.45) is 1.69. The number of aromatic nitrogens is 1. The molecule has 1 amide bonds. The highest BCUT2D eigenvalue weighted by Gasteiger charge is 2.11.